The number of nitrogens with one attached hydrogen (secondary N) is 1. The Balaban J connectivity index is 1.71. The highest BCUT2D eigenvalue weighted by atomic mass is 32.2. The quantitative estimate of drug-likeness (QED) is 0.918. The van der Waals surface area contributed by atoms with Gasteiger partial charge >= 0.3 is 0 Å². The van der Waals surface area contributed by atoms with E-state index in [1.165, 1.54) is 30.2 Å². The molecule has 2 aromatic carbocycles. The molecule has 0 amide bonds. The van der Waals surface area contributed by atoms with Gasteiger partial charge in [0, 0.05) is 18.5 Å². The van der Waals surface area contributed by atoms with Gasteiger partial charge in [-0.2, -0.15) is 0 Å². The van der Waals surface area contributed by atoms with Gasteiger partial charge in [0.15, 0.2) is 9.84 Å². The first-order chi connectivity index (χ1) is 10.0. The van der Waals surface area contributed by atoms with E-state index in [0.29, 0.717) is 11.4 Å². The van der Waals surface area contributed by atoms with Crippen molar-refractivity contribution in [3.05, 3.63) is 59.7 Å². The van der Waals surface area contributed by atoms with E-state index < -0.39 is 9.84 Å². The second-order valence-corrected chi connectivity index (χ2v) is 7.69. The third-order valence-electron chi connectivity index (χ3n) is 3.76. The minimum atomic E-state index is -3.16. The lowest BCUT2D eigenvalue weighted by molar-refractivity contribution is 0.602. The molecule has 1 saturated carbocycles. The molecule has 0 radical (unpaired) electrons. The molecule has 0 aliphatic heterocycles. The van der Waals surface area contributed by atoms with E-state index in [2.05, 4.69) is 29.6 Å². The van der Waals surface area contributed by atoms with Crippen LogP contribution >= 0.6 is 0 Å². The maximum absolute atomic E-state index is 11.6. The highest BCUT2D eigenvalue weighted by Gasteiger charge is 2.23. The molecule has 0 saturated heterocycles. The Hall–Kier alpha value is -1.81. The van der Waals surface area contributed by atoms with E-state index >= 15 is 0 Å². The van der Waals surface area contributed by atoms with Gasteiger partial charge in [-0.1, -0.05) is 30.3 Å². The largest absolute Gasteiger partial charge is 0.381 e. The molecule has 4 heteroatoms. The monoisotopic (exact) mass is 301 g/mol. The fourth-order valence-corrected chi connectivity index (χ4v) is 3.08. The summed E-state index contributed by atoms with van der Waals surface area (Å²) in [6.45, 7) is 0.702. The van der Waals surface area contributed by atoms with Gasteiger partial charge in [-0.15, -0.1) is 0 Å². The maximum atomic E-state index is 11.6. The van der Waals surface area contributed by atoms with Crippen LogP contribution in [0.5, 0.6) is 0 Å². The normalized spacial score (nSPS) is 14.9. The number of hydrogen-bond donors (Lipinski definition) is 1. The fourth-order valence-electron chi connectivity index (χ4n) is 2.41. The molecule has 1 N–H and O–H groups in total. The second-order valence-electron chi connectivity index (χ2n) is 5.67. The molecule has 0 bridgehead atoms. The van der Waals surface area contributed by atoms with Gasteiger partial charge in [-0.3, -0.25) is 0 Å². The van der Waals surface area contributed by atoms with Gasteiger partial charge in [0.1, 0.15) is 0 Å². The standard InChI is InChI=1S/C17H19NO2S/c1-21(19,20)17-7-3-6-16(11-17)18-12-13-4-2-5-15(10-13)14-8-9-14/h2-7,10-11,14,18H,8-9,12H2,1H3. The van der Waals surface area contributed by atoms with Crippen molar-refractivity contribution in [2.45, 2.75) is 30.2 Å². The lowest BCUT2D eigenvalue weighted by Crippen LogP contribution is -2.02. The zero-order chi connectivity index (χ0) is 14.9. The van der Waals surface area contributed by atoms with Crippen LogP contribution in [-0.4, -0.2) is 14.7 Å². The Labute approximate surface area is 125 Å². The Kier molecular flexibility index (Phi) is 3.72. The Morgan fingerprint density at radius 2 is 1.86 bits per heavy atom. The van der Waals surface area contributed by atoms with Crippen LogP contribution in [0.25, 0.3) is 0 Å². The molecule has 3 rings (SSSR count). The number of rotatable bonds is 5. The SMILES string of the molecule is CS(=O)(=O)c1cccc(NCc2cccc(C3CC3)c2)c1. The van der Waals surface area contributed by atoms with Gasteiger partial charge in [-0.25, -0.2) is 8.42 Å². The molecule has 110 valence electrons. The first-order valence-corrected chi connectivity index (χ1v) is 9.04. The van der Waals surface area contributed by atoms with Crippen molar-refractivity contribution >= 4 is 15.5 Å². The molecule has 21 heavy (non-hydrogen) atoms. The number of hydrogen-bond acceptors (Lipinski definition) is 3. The first kappa shape index (κ1) is 14.1. The van der Waals surface area contributed by atoms with Crippen molar-refractivity contribution < 1.29 is 8.42 Å². The van der Waals surface area contributed by atoms with Gasteiger partial charge in [0.25, 0.3) is 0 Å². The molecule has 0 unspecified atom stereocenters. The molecule has 0 heterocycles. The summed E-state index contributed by atoms with van der Waals surface area (Å²) in [6.07, 6.45) is 3.83. The molecule has 2 aromatic rings. The predicted octanol–water partition coefficient (Wildman–Crippen LogP) is 3.58. The number of benzene rings is 2. The maximum Gasteiger partial charge on any atom is 0.175 e. The summed E-state index contributed by atoms with van der Waals surface area (Å²) in [4.78, 5) is 0.347. The highest BCUT2D eigenvalue weighted by Crippen LogP contribution is 2.40. The summed E-state index contributed by atoms with van der Waals surface area (Å²) in [6, 6.07) is 15.6. The summed E-state index contributed by atoms with van der Waals surface area (Å²) in [5.74, 6) is 0.749. The topological polar surface area (TPSA) is 46.2 Å². The minimum absolute atomic E-state index is 0.347. The van der Waals surface area contributed by atoms with Crippen molar-refractivity contribution in [1.29, 1.82) is 0 Å². The third kappa shape index (κ3) is 3.64. The fraction of sp³-hybridized carbons (Fsp3) is 0.294. The van der Waals surface area contributed by atoms with Crippen LogP contribution in [0.1, 0.15) is 29.9 Å². The van der Waals surface area contributed by atoms with Gasteiger partial charge in [0.05, 0.1) is 4.90 Å². The minimum Gasteiger partial charge on any atom is -0.381 e. The second kappa shape index (κ2) is 5.53. The van der Waals surface area contributed by atoms with Gasteiger partial charge in [0.2, 0.25) is 0 Å². The molecule has 1 aliphatic rings. The van der Waals surface area contributed by atoms with Crippen LogP contribution in [0.2, 0.25) is 0 Å². The van der Waals surface area contributed by atoms with Crippen LogP contribution in [0.15, 0.2) is 53.4 Å². The molecule has 0 aromatic heterocycles. The van der Waals surface area contributed by atoms with Crippen molar-refractivity contribution in [2.24, 2.45) is 0 Å². The Morgan fingerprint density at radius 3 is 2.57 bits per heavy atom. The summed E-state index contributed by atoms with van der Waals surface area (Å²) in [5.41, 5.74) is 3.47. The van der Waals surface area contributed by atoms with Crippen molar-refractivity contribution in [3.8, 4) is 0 Å². The smallest absolute Gasteiger partial charge is 0.175 e. The van der Waals surface area contributed by atoms with Crippen LogP contribution < -0.4 is 5.32 Å². The number of anilines is 1. The zero-order valence-electron chi connectivity index (χ0n) is 12.0. The van der Waals surface area contributed by atoms with E-state index in [4.69, 9.17) is 0 Å². The van der Waals surface area contributed by atoms with Crippen LogP contribution in [-0.2, 0) is 16.4 Å². The summed E-state index contributed by atoms with van der Waals surface area (Å²) in [5, 5.41) is 3.30. The van der Waals surface area contributed by atoms with E-state index in [-0.39, 0.29) is 0 Å². The summed E-state index contributed by atoms with van der Waals surface area (Å²) >= 11 is 0. The van der Waals surface area contributed by atoms with Gasteiger partial charge in [-0.05, 0) is 48.1 Å². The van der Waals surface area contributed by atoms with E-state index in [1.807, 2.05) is 6.07 Å². The average Bonchev–Trinajstić information content (AvgIpc) is 3.30. The van der Waals surface area contributed by atoms with Crippen LogP contribution in [0, 0.1) is 0 Å². The summed E-state index contributed by atoms with van der Waals surface area (Å²) < 4.78 is 23.1. The van der Waals surface area contributed by atoms with Crippen LogP contribution in [0.4, 0.5) is 5.69 Å². The molecule has 3 nitrogen and oxygen atoms in total. The van der Waals surface area contributed by atoms with E-state index in [9.17, 15) is 8.42 Å². The van der Waals surface area contributed by atoms with Crippen molar-refractivity contribution in [2.75, 3.05) is 11.6 Å². The number of sulfone groups is 1. The van der Waals surface area contributed by atoms with E-state index in [1.54, 1.807) is 18.2 Å². The zero-order valence-corrected chi connectivity index (χ0v) is 12.9. The van der Waals surface area contributed by atoms with Crippen LogP contribution in [0.3, 0.4) is 0 Å². The van der Waals surface area contributed by atoms with E-state index in [0.717, 1.165) is 11.6 Å². The van der Waals surface area contributed by atoms with Gasteiger partial charge < -0.3 is 5.32 Å². The molecular weight excluding hydrogens is 282 g/mol. The highest BCUT2D eigenvalue weighted by molar-refractivity contribution is 7.90. The summed E-state index contributed by atoms with van der Waals surface area (Å²) in [7, 11) is -3.16. The predicted molar refractivity (Wildman–Crippen MR) is 85.3 cm³/mol. The lowest BCUT2D eigenvalue weighted by atomic mass is 10.1. The molecule has 0 spiro atoms. The lowest BCUT2D eigenvalue weighted by Gasteiger charge is -2.09. The molecule has 0 atom stereocenters. The Morgan fingerprint density at radius 1 is 1.10 bits per heavy atom. The first-order valence-electron chi connectivity index (χ1n) is 7.15. The molecule has 1 fully saturated rings. The Bertz CT molecular complexity index is 749. The van der Waals surface area contributed by atoms with Crippen molar-refractivity contribution in [1.82, 2.24) is 0 Å². The third-order valence-corrected chi connectivity index (χ3v) is 4.87. The molecular formula is C17H19NO2S. The average molecular weight is 301 g/mol. The molecule has 1 aliphatic carbocycles. The van der Waals surface area contributed by atoms with Crippen molar-refractivity contribution in [3.63, 3.8) is 0 Å².